The highest BCUT2D eigenvalue weighted by Gasteiger charge is 2.68. The molecule has 1 heterocycles. The molecule has 6 rings (SSSR count). The molecule has 1 aromatic carbocycles. The fourth-order valence-electron chi connectivity index (χ4n) is 8.73. The molecule has 4 aliphatic rings. The predicted molar refractivity (Wildman–Crippen MR) is 135 cm³/mol. The molecule has 7 heteroatoms. The summed E-state index contributed by atoms with van der Waals surface area (Å²) in [4.78, 5) is 12.6. The number of hydrogen-bond acceptors (Lipinski definition) is 6. The second-order valence-electron chi connectivity index (χ2n) is 11.9. The van der Waals surface area contributed by atoms with Gasteiger partial charge in [-0.15, -0.1) is 0 Å². The highest BCUT2D eigenvalue weighted by molar-refractivity contribution is 5.89. The first-order valence-electron chi connectivity index (χ1n) is 13.1. The van der Waals surface area contributed by atoms with Crippen LogP contribution in [0.4, 0.5) is 0 Å². The van der Waals surface area contributed by atoms with Crippen LogP contribution in [-0.4, -0.2) is 56.3 Å². The van der Waals surface area contributed by atoms with Crippen molar-refractivity contribution in [1.29, 1.82) is 0 Å². The number of carbonyl (C=O) groups excluding carboxylic acids is 1. The maximum absolute atomic E-state index is 12.6. The smallest absolute Gasteiger partial charge is 0.190 e. The molecule has 0 spiro atoms. The monoisotopic (exact) mass is 492 g/mol. The van der Waals surface area contributed by atoms with E-state index in [0.29, 0.717) is 12.8 Å². The average molecular weight is 493 g/mol. The van der Waals surface area contributed by atoms with Gasteiger partial charge in [0, 0.05) is 11.5 Å². The third-order valence-corrected chi connectivity index (χ3v) is 10.5. The number of ketones is 1. The van der Waals surface area contributed by atoms with Crippen molar-refractivity contribution >= 4 is 11.9 Å². The maximum Gasteiger partial charge on any atom is 0.190 e. The summed E-state index contributed by atoms with van der Waals surface area (Å²) < 4.78 is 7.39. The highest BCUT2D eigenvalue weighted by Crippen LogP contribution is 2.67. The second kappa shape index (κ2) is 8.01. The van der Waals surface area contributed by atoms with E-state index in [-0.39, 0.29) is 23.2 Å². The molecule has 3 fully saturated rings. The number of ether oxygens (including phenoxy) is 1. The number of carbonyl (C=O) groups is 1. The van der Waals surface area contributed by atoms with Gasteiger partial charge in [0.15, 0.2) is 5.78 Å². The van der Waals surface area contributed by atoms with Gasteiger partial charge < -0.3 is 20.1 Å². The summed E-state index contributed by atoms with van der Waals surface area (Å²) in [6.07, 6.45) is 7.74. The number of rotatable bonds is 4. The lowest BCUT2D eigenvalue weighted by molar-refractivity contribution is -0.181. The van der Waals surface area contributed by atoms with Crippen LogP contribution in [0.3, 0.4) is 0 Å². The van der Waals surface area contributed by atoms with Crippen LogP contribution in [0.1, 0.15) is 57.2 Å². The molecular formula is C29H36N2O5. The average Bonchev–Trinajstić information content (AvgIpc) is 3.39. The van der Waals surface area contributed by atoms with Crippen LogP contribution in [0.2, 0.25) is 0 Å². The van der Waals surface area contributed by atoms with Gasteiger partial charge in [-0.2, -0.15) is 5.10 Å². The Kier molecular flexibility index (Phi) is 5.31. The Balaban J connectivity index is 1.36. The Bertz CT molecular complexity index is 1250. The molecule has 7 nitrogen and oxygen atoms in total. The fourth-order valence-corrected chi connectivity index (χ4v) is 8.73. The summed E-state index contributed by atoms with van der Waals surface area (Å²) >= 11 is 0. The van der Waals surface area contributed by atoms with Crippen LogP contribution >= 0.6 is 0 Å². The zero-order chi connectivity index (χ0) is 25.5. The standard InChI is InChI=1S/C29H36N2O5/c1-27-13-17-15-30-31(19-5-4-6-20(12-19)36-3)23(17)11-18(27)7-8-21-22-9-10-29(35,25(34)16-32)28(22,2)14-24(33)26(21)27/h4-6,11-12,15,21-22,24,26,32-33,35H,7-10,13-14,16H2,1-3H3/t21-,22-,24-,26+,27-,28-,29-/m0/s1. The van der Waals surface area contributed by atoms with Crippen LogP contribution in [0.25, 0.3) is 11.8 Å². The van der Waals surface area contributed by atoms with Gasteiger partial charge in [-0.3, -0.25) is 4.79 Å². The summed E-state index contributed by atoms with van der Waals surface area (Å²) in [6, 6.07) is 7.90. The molecular weight excluding hydrogens is 456 g/mol. The molecule has 7 atom stereocenters. The second-order valence-corrected chi connectivity index (χ2v) is 11.9. The van der Waals surface area contributed by atoms with Crippen molar-refractivity contribution in [2.75, 3.05) is 13.7 Å². The predicted octanol–water partition coefficient (Wildman–Crippen LogP) is 3.33. The molecule has 1 aromatic heterocycles. The van der Waals surface area contributed by atoms with Gasteiger partial charge in [0.1, 0.15) is 18.0 Å². The molecule has 36 heavy (non-hydrogen) atoms. The molecule has 2 aromatic rings. The van der Waals surface area contributed by atoms with E-state index in [2.05, 4.69) is 13.0 Å². The Morgan fingerprint density at radius 3 is 2.83 bits per heavy atom. The molecule has 0 unspecified atom stereocenters. The number of aliphatic hydroxyl groups is 3. The summed E-state index contributed by atoms with van der Waals surface area (Å²) in [7, 11) is 1.66. The van der Waals surface area contributed by atoms with E-state index in [1.165, 1.54) is 11.1 Å². The van der Waals surface area contributed by atoms with E-state index in [1.807, 2.05) is 42.1 Å². The van der Waals surface area contributed by atoms with Crippen LogP contribution in [0.5, 0.6) is 5.75 Å². The van der Waals surface area contributed by atoms with Crippen molar-refractivity contribution in [2.45, 2.75) is 64.1 Å². The molecule has 0 radical (unpaired) electrons. The third-order valence-electron chi connectivity index (χ3n) is 10.5. The van der Waals surface area contributed by atoms with Crippen molar-refractivity contribution < 1.29 is 24.9 Å². The molecule has 3 N–H and O–H groups in total. The van der Waals surface area contributed by atoms with Gasteiger partial charge in [-0.05, 0) is 85.5 Å². The number of aromatic nitrogens is 2. The van der Waals surface area contributed by atoms with Gasteiger partial charge in [-0.25, -0.2) is 4.68 Å². The van der Waals surface area contributed by atoms with E-state index in [4.69, 9.17) is 9.84 Å². The zero-order valence-electron chi connectivity index (χ0n) is 21.3. The number of methoxy groups -OCH3 is 1. The van der Waals surface area contributed by atoms with Crippen molar-refractivity contribution in [3.05, 3.63) is 47.3 Å². The van der Waals surface area contributed by atoms with E-state index in [0.717, 1.165) is 42.8 Å². The summed E-state index contributed by atoms with van der Waals surface area (Å²) in [6.45, 7) is 3.59. The number of fused-ring (bicyclic) bond motifs is 6. The summed E-state index contributed by atoms with van der Waals surface area (Å²) in [5.41, 5.74) is 2.08. The van der Waals surface area contributed by atoms with Crippen molar-refractivity contribution in [3.63, 3.8) is 0 Å². The summed E-state index contributed by atoms with van der Waals surface area (Å²) in [5.74, 6) is 0.695. The first-order valence-corrected chi connectivity index (χ1v) is 13.1. The topological polar surface area (TPSA) is 105 Å². The minimum absolute atomic E-state index is 0.0514. The Labute approximate surface area is 211 Å². The van der Waals surface area contributed by atoms with Gasteiger partial charge in [0.25, 0.3) is 0 Å². The van der Waals surface area contributed by atoms with Crippen LogP contribution in [0, 0.1) is 28.6 Å². The third kappa shape index (κ3) is 3.02. The van der Waals surface area contributed by atoms with E-state index < -0.39 is 29.5 Å². The van der Waals surface area contributed by atoms with Crippen molar-refractivity contribution in [2.24, 2.45) is 28.6 Å². The van der Waals surface area contributed by atoms with Gasteiger partial charge in [-0.1, -0.05) is 25.5 Å². The van der Waals surface area contributed by atoms with Crippen molar-refractivity contribution in [1.82, 2.24) is 9.78 Å². The largest absolute Gasteiger partial charge is 0.497 e. The van der Waals surface area contributed by atoms with Gasteiger partial charge in [0.05, 0.1) is 30.8 Å². The minimum Gasteiger partial charge on any atom is -0.497 e. The zero-order valence-corrected chi connectivity index (χ0v) is 21.3. The Morgan fingerprint density at radius 2 is 2.08 bits per heavy atom. The molecule has 0 bridgehead atoms. The highest BCUT2D eigenvalue weighted by atomic mass is 16.5. The normalized spacial score (nSPS) is 38.9. The number of hydrogen-bond donors (Lipinski definition) is 3. The number of aliphatic hydroxyl groups excluding tert-OH is 2. The molecule has 0 saturated heterocycles. The van der Waals surface area contributed by atoms with Gasteiger partial charge >= 0.3 is 0 Å². The lowest BCUT2D eigenvalue weighted by Gasteiger charge is -2.60. The van der Waals surface area contributed by atoms with Gasteiger partial charge in [0.2, 0.25) is 0 Å². The molecule has 192 valence electrons. The summed E-state index contributed by atoms with van der Waals surface area (Å²) in [5, 5.41) is 37.4. The van der Waals surface area contributed by atoms with E-state index >= 15 is 0 Å². The SMILES string of the molecule is COc1cccc(-n2ncc3c2C=C2CC[C@@H]4[C@H]([C@@H](O)C[C@@]5(C)[C@H]4CC[C@]5(O)C(=O)CO)[C@@]2(C)C3)c1. The van der Waals surface area contributed by atoms with Crippen LogP contribution in [-0.2, 0) is 11.2 Å². The molecule has 0 amide bonds. The van der Waals surface area contributed by atoms with Crippen LogP contribution < -0.4 is 4.74 Å². The van der Waals surface area contributed by atoms with E-state index in [1.54, 1.807) is 7.11 Å². The molecule has 0 aliphatic heterocycles. The van der Waals surface area contributed by atoms with Crippen molar-refractivity contribution in [3.8, 4) is 11.4 Å². The fraction of sp³-hybridized carbons (Fsp3) is 0.586. The first kappa shape index (κ1) is 23.9. The maximum atomic E-state index is 12.6. The number of nitrogens with zero attached hydrogens (tertiary/aromatic N) is 2. The Hall–Kier alpha value is -2.48. The lowest BCUT2D eigenvalue weighted by atomic mass is 9.45. The quantitative estimate of drug-likeness (QED) is 0.605. The molecule has 3 saturated carbocycles. The van der Waals surface area contributed by atoms with Crippen LogP contribution in [0.15, 0.2) is 36.0 Å². The Morgan fingerprint density at radius 1 is 1.28 bits per heavy atom. The number of Topliss-reactive ketones (excluding diaryl/α,β-unsaturated/α-hetero) is 1. The number of allylic oxidation sites excluding steroid dienone is 1. The molecule has 4 aliphatic carbocycles. The minimum atomic E-state index is -1.56. The van der Waals surface area contributed by atoms with E-state index in [9.17, 15) is 20.1 Å². The number of benzene rings is 1. The lowest BCUT2D eigenvalue weighted by Crippen LogP contribution is -2.62. The first-order chi connectivity index (χ1) is 17.2.